The van der Waals surface area contributed by atoms with Crippen molar-refractivity contribution in [3.05, 3.63) is 12.2 Å². The monoisotopic (exact) mass is 141 g/mol. The molecule has 0 fully saturated rings. The summed E-state index contributed by atoms with van der Waals surface area (Å²) in [6, 6.07) is 0. The van der Waals surface area contributed by atoms with Crippen LogP contribution in [0.5, 0.6) is 0 Å². The van der Waals surface area contributed by atoms with E-state index < -0.39 is 0 Å². The average Bonchev–Trinajstić information content (AvgIpc) is 1.89. The van der Waals surface area contributed by atoms with E-state index in [4.69, 9.17) is 0 Å². The zero-order chi connectivity index (χ0) is 7.82. The molecule has 0 aromatic heterocycles. The topological polar surface area (TPSA) is 29.1 Å². The second-order valence-electron chi connectivity index (χ2n) is 2.12. The molecule has 1 N–H and O–H groups in total. The normalized spacial score (nSPS) is 10.2. The summed E-state index contributed by atoms with van der Waals surface area (Å²) < 4.78 is 0. The van der Waals surface area contributed by atoms with Gasteiger partial charge < -0.3 is 5.32 Å². The van der Waals surface area contributed by atoms with E-state index in [-0.39, 0.29) is 5.91 Å². The molecule has 0 bridgehead atoms. The molecule has 0 aliphatic rings. The third kappa shape index (κ3) is 5.35. The molecule has 0 radical (unpaired) electrons. The number of amides is 1. The van der Waals surface area contributed by atoms with E-state index in [9.17, 15) is 4.79 Å². The summed E-state index contributed by atoms with van der Waals surface area (Å²) in [5.41, 5.74) is 0. The molecule has 0 atom stereocenters. The average molecular weight is 141 g/mol. The minimum atomic E-state index is 0.139. The van der Waals surface area contributed by atoms with Gasteiger partial charge in [-0.25, -0.2) is 0 Å². The first-order valence-electron chi connectivity index (χ1n) is 3.69. The van der Waals surface area contributed by atoms with Crippen LogP contribution in [0.25, 0.3) is 0 Å². The summed E-state index contributed by atoms with van der Waals surface area (Å²) in [5, 5.41) is 2.76. The Morgan fingerprint density at radius 1 is 1.60 bits per heavy atom. The van der Waals surface area contributed by atoms with Crippen LogP contribution < -0.4 is 5.32 Å². The number of nitrogens with one attached hydrogen (secondary N) is 1. The van der Waals surface area contributed by atoms with Gasteiger partial charge in [-0.05, 0) is 13.3 Å². The van der Waals surface area contributed by atoms with Crippen molar-refractivity contribution >= 4 is 5.91 Å². The second kappa shape index (κ2) is 6.33. The highest BCUT2D eigenvalue weighted by atomic mass is 16.1. The number of rotatable bonds is 4. The number of carbonyl (C=O) groups is 1. The van der Waals surface area contributed by atoms with Crippen LogP contribution in [0.1, 0.15) is 26.7 Å². The standard InChI is InChI=1S/C8H15NO/c1-3-5-7-9-8(10)6-4-2/h3,5H,4,6-7H2,1-2H3,(H,9,10). The number of allylic oxidation sites excluding steroid dienone is 1. The fraction of sp³-hybridized carbons (Fsp3) is 0.625. The molecule has 2 nitrogen and oxygen atoms in total. The molecule has 0 unspecified atom stereocenters. The van der Waals surface area contributed by atoms with Crippen LogP contribution >= 0.6 is 0 Å². The fourth-order valence-corrected chi connectivity index (χ4v) is 0.606. The predicted octanol–water partition coefficient (Wildman–Crippen LogP) is 1.48. The molecule has 1 amide bonds. The van der Waals surface area contributed by atoms with Gasteiger partial charge in [0.2, 0.25) is 5.91 Å². The third-order valence-electron chi connectivity index (χ3n) is 1.13. The quantitative estimate of drug-likeness (QED) is 0.590. The first-order valence-corrected chi connectivity index (χ1v) is 3.69. The van der Waals surface area contributed by atoms with E-state index >= 15 is 0 Å². The molecule has 0 spiro atoms. The van der Waals surface area contributed by atoms with Gasteiger partial charge in [-0.1, -0.05) is 19.1 Å². The van der Waals surface area contributed by atoms with Crippen LogP contribution in [0.2, 0.25) is 0 Å². The largest absolute Gasteiger partial charge is 0.353 e. The maximum Gasteiger partial charge on any atom is 0.220 e. The van der Waals surface area contributed by atoms with Gasteiger partial charge in [0.15, 0.2) is 0 Å². The van der Waals surface area contributed by atoms with Crippen molar-refractivity contribution in [1.29, 1.82) is 0 Å². The van der Waals surface area contributed by atoms with E-state index in [0.29, 0.717) is 13.0 Å². The minimum Gasteiger partial charge on any atom is -0.353 e. The first-order chi connectivity index (χ1) is 4.81. The van der Waals surface area contributed by atoms with Gasteiger partial charge in [0.1, 0.15) is 0 Å². The van der Waals surface area contributed by atoms with E-state index in [1.807, 2.05) is 26.0 Å². The van der Waals surface area contributed by atoms with Gasteiger partial charge >= 0.3 is 0 Å². The lowest BCUT2D eigenvalue weighted by atomic mass is 10.3. The molecule has 0 aromatic carbocycles. The van der Waals surface area contributed by atoms with Gasteiger partial charge in [-0.2, -0.15) is 0 Å². The van der Waals surface area contributed by atoms with Gasteiger partial charge in [0.25, 0.3) is 0 Å². The molecule has 0 aliphatic heterocycles. The molecule has 0 heterocycles. The fourth-order valence-electron chi connectivity index (χ4n) is 0.606. The highest BCUT2D eigenvalue weighted by Gasteiger charge is 1.93. The SMILES string of the molecule is CC=CCNC(=O)CCC. The summed E-state index contributed by atoms with van der Waals surface area (Å²) in [7, 11) is 0. The molecule has 58 valence electrons. The lowest BCUT2D eigenvalue weighted by molar-refractivity contribution is -0.120. The smallest absolute Gasteiger partial charge is 0.220 e. The van der Waals surface area contributed by atoms with Crippen molar-refractivity contribution < 1.29 is 4.79 Å². The highest BCUT2D eigenvalue weighted by molar-refractivity contribution is 5.75. The zero-order valence-corrected chi connectivity index (χ0v) is 6.68. The van der Waals surface area contributed by atoms with Crippen molar-refractivity contribution in [2.75, 3.05) is 6.54 Å². The Labute approximate surface area is 62.3 Å². The lowest BCUT2D eigenvalue weighted by Gasteiger charge is -1.97. The molecule has 0 aliphatic carbocycles. The summed E-state index contributed by atoms with van der Waals surface area (Å²) in [6.07, 6.45) is 5.40. The van der Waals surface area contributed by atoms with Crippen LogP contribution in [0.15, 0.2) is 12.2 Å². The molecule has 0 rings (SSSR count). The molecule has 0 saturated heterocycles. The molecule has 10 heavy (non-hydrogen) atoms. The Morgan fingerprint density at radius 2 is 2.30 bits per heavy atom. The lowest BCUT2D eigenvalue weighted by Crippen LogP contribution is -2.22. The summed E-state index contributed by atoms with van der Waals surface area (Å²) >= 11 is 0. The summed E-state index contributed by atoms with van der Waals surface area (Å²) in [5.74, 6) is 0.139. The number of carbonyl (C=O) groups excluding carboxylic acids is 1. The molecule has 0 aromatic rings. The van der Waals surface area contributed by atoms with E-state index in [1.165, 1.54) is 0 Å². The zero-order valence-electron chi connectivity index (χ0n) is 6.68. The van der Waals surface area contributed by atoms with Gasteiger partial charge in [-0.3, -0.25) is 4.79 Å². The Kier molecular flexibility index (Phi) is 5.83. The van der Waals surface area contributed by atoms with Crippen molar-refractivity contribution in [3.63, 3.8) is 0 Å². The molecular formula is C8H15NO. The Balaban J connectivity index is 3.21. The minimum absolute atomic E-state index is 0.139. The molecular weight excluding hydrogens is 126 g/mol. The van der Waals surface area contributed by atoms with Crippen molar-refractivity contribution in [2.24, 2.45) is 0 Å². The predicted molar refractivity (Wildman–Crippen MR) is 42.7 cm³/mol. The van der Waals surface area contributed by atoms with Gasteiger partial charge in [0, 0.05) is 13.0 Å². The van der Waals surface area contributed by atoms with Crippen molar-refractivity contribution in [1.82, 2.24) is 5.32 Å². The van der Waals surface area contributed by atoms with Crippen LogP contribution in [0.3, 0.4) is 0 Å². The molecule has 2 heteroatoms. The third-order valence-corrected chi connectivity index (χ3v) is 1.13. The molecule has 0 saturated carbocycles. The van der Waals surface area contributed by atoms with Crippen molar-refractivity contribution in [3.8, 4) is 0 Å². The van der Waals surface area contributed by atoms with Crippen molar-refractivity contribution in [2.45, 2.75) is 26.7 Å². The Hall–Kier alpha value is -0.790. The van der Waals surface area contributed by atoms with E-state index in [2.05, 4.69) is 5.32 Å². The Bertz CT molecular complexity index is 118. The van der Waals surface area contributed by atoms with Crippen LogP contribution in [-0.4, -0.2) is 12.5 Å². The van der Waals surface area contributed by atoms with Crippen LogP contribution in [-0.2, 0) is 4.79 Å². The Morgan fingerprint density at radius 3 is 2.80 bits per heavy atom. The number of hydrogen-bond donors (Lipinski definition) is 1. The van der Waals surface area contributed by atoms with Gasteiger partial charge in [-0.15, -0.1) is 0 Å². The maximum atomic E-state index is 10.8. The van der Waals surface area contributed by atoms with E-state index in [1.54, 1.807) is 0 Å². The summed E-state index contributed by atoms with van der Waals surface area (Å²) in [6.45, 7) is 4.59. The van der Waals surface area contributed by atoms with E-state index in [0.717, 1.165) is 6.42 Å². The first kappa shape index (κ1) is 9.21. The highest BCUT2D eigenvalue weighted by Crippen LogP contribution is 1.84. The second-order valence-corrected chi connectivity index (χ2v) is 2.12. The number of hydrogen-bond acceptors (Lipinski definition) is 1. The van der Waals surface area contributed by atoms with Gasteiger partial charge in [0.05, 0.1) is 0 Å². The maximum absolute atomic E-state index is 10.8. The van der Waals surface area contributed by atoms with Crippen LogP contribution in [0, 0.1) is 0 Å². The summed E-state index contributed by atoms with van der Waals surface area (Å²) in [4.78, 5) is 10.8. The van der Waals surface area contributed by atoms with Crippen LogP contribution in [0.4, 0.5) is 0 Å².